The largest absolute Gasteiger partial charge is 0.491 e. The van der Waals surface area contributed by atoms with E-state index >= 15 is 0 Å². The third-order valence-electron chi connectivity index (χ3n) is 3.78. The Balaban J connectivity index is 0.00000288. The van der Waals surface area contributed by atoms with Gasteiger partial charge in [0, 0.05) is 25.2 Å². The molecule has 2 rings (SSSR count). The Morgan fingerprint density at radius 2 is 1.92 bits per heavy atom. The number of ketones is 1. The summed E-state index contributed by atoms with van der Waals surface area (Å²) in [6.07, 6.45) is 0.575. The number of carbonyl (C=O) groups is 1. The summed E-state index contributed by atoms with van der Waals surface area (Å²) in [4.78, 5) is 13.7. The molecule has 2 unspecified atom stereocenters. The van der Waals surface area contributed by atoms with Crippen LogP contribution < -0.4 is 4.74 Å². The van der Waals surface area contributed by atoms with Crippen LogP contribution >= 0.6 is 12.4 Å². The smallest absolute Gasteiger partial charge is 0.159 e. The predicted octanol–water partition coefficient (Wildman–Crippen LogP) is 2.82. The lowest BCUT2D eigenvalue weighted by Crippen LogP contribution is -2.46. The molecular weight excluding hydrogens is 330 g/mol. The minimum Gasteiger partial charge on any atom is -0.491 e. The first-order chi connectivity index (χ1) is 11.0. The molecular formula is C18H28ClNO4. The number of ether oxygens (including phenoxy) is 3. The van der Waals surface area contributed by atoms with Crippen molar-refractivity contribution in [3.8, 4) is 5.75 Å². The van der Waals surface area contributed by atoms with Gasteiger partial charge in [0.15, 0.2) is 5.78 Å². The average molecular weight is 358 g/mol. The van der Waals surface area contributed by atoms with Gasteiger partial charge >= 0.3 is 0 Å². The fourth-order valence-corrected chi connectivity index (χ4v) is 2.79. The third kappa shape index (κ3) is 7.18. The Morgan fingerprint density at radius 1 is 1.21 bits per heavy atom. The highest BCUT2D eigenvalue weighted by Crippen LogP contribution is 2.13. The lowest BCUT2D eigenvalue weighted by Gasteiger charge is -2.35. The van der Waals surface area contributed by atoms with Crippen LogP contribution in [-0.4, -0.2) is 62.3 Å². The second kappa shape index (κ2) is 10.7. The molecule has 1 fully saturated rings. The van der Waals surface area contributed by atoms with Gasteiger partial charge in [0.25, 0.3) is 0 Å². The van der Waals surface area contributed by atoms with Gasteiger partial charge in [0.05, 0.1) is 25.4 Å². The number of hydrogen-bond acceptors (Lipinski definition) is 5. The van der Waals surface area contributed by atoms with E-state index in [2.05, 4.69) is 18.7 Å². The normalized spacial score (nSPS) is 21.1. The van der Waals surface area contributed by atoms with Gasteiger partial charge < -0.3 is 14.2 Å². The van der Waals surface area contributed by atoms with E-state index in [1.165, 1.54) is 0 Å². The second-order valence-electron chi connectivity index (χ2n) is 6.06. The molecule has 0 amide bonds. The van der Waals surface area contributed by atoms with Crippen molar-refractivity contribution >= 4 is 18.2 Å². The predicted molar refractivity (Wildman–Crippen MR) is 96.5 cm³/mol. The Labute approximate surface area is 150 Å². The maximum atomic E-state index is 11.3. The standard InChI is InChI=1S/C18H27NO4.ClH/c1-14-12-19(13-15(2)23-14)7-8-21-9-10-22-18-6-4-5-17(11-18)16(3)20;/h4-6,11,14-15H,7-10,12-13H2,1-3H3;1H. The zero-order valence-corrected chi connectivity index (χ0v) is 15.5. The molecule has 0 spiro atoms. The molecule has 0 saturated carbocycles. The summed E-state index contributed by atoms with van der Waals surface area (Å²) in [6, 6.07) is 7.23. The Morgan fingerprint density at radius 3 is 2.58 bits per heavy atom. The summed E-state index contributed by atoms with van der Waals surface area (Å²) in [5.74, 6) is 0.748. The van der Waals surface area contributed by atoms with E-state index in [1.54, 1.807) is 19.1 Å². The molecule has 2 atom stereocenters. The van der Waals surface area contributed by atoms with Gasteiger partial charge in [0.1, 0.15) is 12.4 Å². The van der Waals surface area contributed by atoms with Crippen molar-refractivity contribution in [1.29, 1.82) is 0 Å². The molecule has 1 saturated heterocycles. The van der Waals surface area contributed by atoms with Crippen LogP contribution in [0, 0.1) is 0 Å². The van der Waals surface area contributed by atoms with E-state index in [0.717, 1.165) is 19.6 Å². The SMILES string of the molecule is CC(=O)c1cccc(OCCOCCN2CC(C)OC(C)C2)c1.Cl. The van der Waals surface area contributed by atoms with Crippen LogP contribution in [0.4, 0.5) is 0 Å². The number of carbonyl (C=O) groups excluding carboxylic acids is 1. The van der Waals surface area contributed by atoms with Crippen molar-refractivity contribution in [2.75, 3.05) is 39.5 Å². The van der Waals surface area contributed by atoms with Crippen molar-refractivity contribution in [1.82, 2.24) is 4.90 Å². The van der Waals surface area contributed by atoms with Gasteiger partial charge in [-0.15, -0.1) is 12.4 Å². The third-order valence-corrected chi connectivity index (χ3v) is 3.78. The highest BCUT2D eigenvalue weighted by Gasteiger charge is 2.21. The van der Waals surface area contributed by atoms with E-state index in [1.807, 2.05) is 12.1 Å². The number of halogens is 1. The first-order valence-corrected chi connectivity index (χ1v) is 8.24. The average Bonchev–Trinajstić information content (AvgIpc) is 2.50. The molecule has 0 aromatic heterocycles. The maximum Gasteiger partial charge on any atom is 0.159 e. The summed E-state index contributed by atoms with van der Waals surface area (Å²) in [5.41, 5.74) is 0.666. The van der Waals surface area contributed by atoms with Crippen molar-refractivity contribution in [3.63, 3.8) is 0 Å². The molecule has 1 aromatic rings. The van der Waals surface area contributed by atoms with E-state index < -0.39 is 0 Å². The van der Waals surface area contributed by atoms with Crippen LogP contribution in [0.2, 0.25) is 0 Å². The zero-order valence-electron chi connectivity index (χ0n) is 14.7. The molecule has 1 heterocycles. The minimum atomic E-state index is 0. The van der Waals surface area contributed by atoms with Crippen LogP contribution in [0.15, 0.2) is 24.3 Å². The molecule has 1 aromatic carbocycles. The maximum absolute atomic E-state index is 11.3. The summed E-state index contributed by atoms with van der Waals surface area (Å²) in [6.45, 7) is 10.3. The van der Waals surface area contributed by atoms with E-state index in [0.29, 0.717) is 31.1 Å². The van der Waals surface area contributed by atoms with Gasteiger partial charge in [-0.05, 0) is 32.9 Å². The zero-order chi connectivity index (χ0) is 16.7. The van der Waals surface area contributed by atoms with Crippen LogP contribution in [0.25, 0.3) is 0 Å². The number of Topliss-reactive ketones (excluding diaryl/α,β-unsaturated/α-hetero) is 1. The van der Waals surface area contributed by atoms with Gasteiger partial charge in [-0.2, -0.15) is 0 Å². The monoisotopic (exact) mass is 357 g/mol. The van der Waals surface area contributed by atoms with Crippen LogP contribution in [0.1, 0.15) is 31.1 Å². The first-order valence-electron chi connectivity index (χ1n) is 8.24. The van der Waals surface area contributed by atoms with Crippen molar-refractivity contribution < 1.29 is 19.0 Å². The lowest BCUT2D eigenvalue weighted by molar-refractivity contribution is -0.0734. The summed E-state index contributed by atoms with van der Waals surface area (Å²) >= 11 is 0. The fraction of sp³-hybridized carbons (Fsp3) is 0.611. The molecule has 0 radical (unpaired) electrons. The second-order valence-corrected chi connectivity index (χ2v) is 6.06. The molecule has 0 bridgehead atoms. The van der Waals surface area contributed by atoms with E-state index in [4.69, 9.17) is 14.2 Å². The van der Waals surface area contributed by atoms with Crippen LogP contribution in [-0.2, 0) is 9.47 Å². The molecule has 0 aliphatic carbocycles. The number of hydrogen-bond donors (Lipinski definition) is 0. The fourth-order valence-electron chi connectivity index (χ4n) is 2.79. The highest BCUT2D eigenvalue weighted by atomic mass is 35.5. The Hall–Kier alpha value is -1.14. The van der Waals surface area contributed by atoms with E-state index in [-0.39, 0.29) is 30.4 Å². The van der Waals surface area contributed by atoms with Gasteiger partial charge in [-0.1, -0.05) is 12.1 Å². The van der Waals surface area contributed by atoms with Gasteiger partial charge in [0.2, 0.25) is 0 Å². The summed E-state index contributed by atoms with van der Waals surface area (Å²) in [7, 11) is 0. The lowest BCUT2D eigenvalue weighted by atomic mass is 10.1. The summed E-state index contributed by atoms with van der Waals surface area (Å²) < 4.78 is 17.0. The van der Waals surface area contributed by atoms with Gasteiger partial charge in [-0.25, -0.2) is 0 Å². The molecule has 1 aliphatic rings. The van der Waals surface area contributed by atoms with Crippen molar-refractivity contribution in [2.45, 2.75) is 33.0 Å². The van der Waals surface area contributed by atoms with E-state index in [9.17, 15) is 4.79 Å². The summed E-state index contributed by atoms with van der Waals surface area (Å²) in [5, 5.41) is 0. The number of morpholine rings is 1. The molecule has 6 heteroatoms. The molecule has 1 aliphatic heterocycles. The number of nitrogens with zero attached hydrogens (tertiary/aromatic N) is 1. The molecule has 136 valence electrons. The Kier molecular flexibility index (Phi) is 9.29. The van der Waals surface area contributed by atoms with Crippen LogP contribution in [0.5, 0.6) is 5.75 Å². The topological polar surface area (TPSA) is 48.0 Å². The number of benzene rings is 1. The molecule has 0 N–H and O–H groups in total. The van der Waals surface area contributed by atoms with Crippen LogP contribution in [0.3, 0.4) is 0 Å². The first kappa shape index (κ1) is 20.9. The van der Waals surface area contributed by atoms with Crippen molar-refractivity contribution in [3.05, 3.63) is 29.8 Å². The molecule has 24 heavy (non-hydrogen) atoms. The minimum absolute atomic E-state index is 0. The highest BCUT2D eigenvalue weighted by molar-refractivity contribution is 5.94. The van der Waals surface area contributed by atoms with Crippen molar-refractivity contribution in [2.24, 2.45) is 0 Å². The quantitative estimate of drug-likeness (QED) is 0.529. The van der Waals surface area contributed by atoms with Gasteiger partial charge in [-0.3, -0.25) is 9.69 Å². The Bertz CT molecular complexity index is 502. The molecule has 5 nitrogen and oxygen atoms in total. The number of rotatable bonds is 8.